The van der Waals surface area contributed by atoms with Crippen LogP contribution in [-0.2, 0) is 0 Å². The van der Waals surface area contributed by atoms with E-state index >= 15 is 0 Å². The highest BCUT2D eigenvalue weighted by Crippen LogP contribution is 2.26. The van der Waals surface area contributed by atoms with Crippen molar-refractivity contribution < 1.29 is 5.11 Å². The van der Waals surface area contributed by atoms with E-state index in [4.69, 9.17) is 16.2 Å². The number of nitrogens with one attached hydrogen (secondary N) is 1. The molecule has 4 nitrogen and oxygen atoms in total. The van der Waals surface area contributed by atoms with Gasteiger partial charge in [-0.25, -0.2) is 0 Å². The lowest BCUT2D eigenvalue weighted by atomic mass is 10.0. The molecule has 1 atom stereocenters. The number of hydrogen-bond acceptors (Lipinski definition) is 3. The van der Waals surface area contributed by atoms with Gasteiger partial charge in [0.25, 0.3) is 0 Å². The van der Waals surface area contributed by atoms with E-state index in [1.165, 1.54) is 25.7 Å². The third-order valence-corrected chi connectivity index (χ3v) is 3.55. The largest absolute Gasteiger partial charge is 0.395 e. The van der Waals surface area contributed by atoms with Crippen LogP contribution in [0.15, 0.2) is 0 Å². The number of amidine groups is 1. The molecule has 4 heteroatoms. The zero-order chi connectivity index (χ0) is 12.0. The predicted molar refractivity (Wildman–Crippen MR) is 66.7 cm³/mol. The molecule has 0 radical (unpaired) electrons. The molecule has 0 amide bonds. The number of aliphatic hydroxyl groups is 1. The Hall–Kier alpha value is -0.610. The first-order valence-electron chi connectivity index (χ1n) is 6.38. The Balaban J connectivity index is 2.60. The lowest BCUT2D eigenvalue weighted by Crippen LogP contribution is -2.45. The van der Waals surface area contributed by atoms with E-state index in [1.54, 1.807) is 0 Å². The average Bonchev–Trinajstić information content (AvgIpc) is 2.76. The number of nitrogens with two attached hydrogens (primary N) is 1. The first-order valence-corrected chi connectivity index (χ1v) is 6.38. The van der Waals surface area contributed by atoms with Crippen LogP contribution in [0.4, 0.5) is 0 Å². The normalized spacial score (nSPS) is 19.2. The van der Waals surface area contributed by atoms with Gasteiger partial charge in [-0.15, -0.1) is 0 Å². The van der Waals surface area contributed by atoms with E-state index in [0.717, 1.165) is 13.0 Å². The van der Waals surface area contributed by atoms with Crippen LogP contribution in [0.3, 0.4) is 0 Å². The third kappa shape index (κ3) is 3.76. The molecule has 1 aliphatic carbocycles. The van der Waals surface area contributed by atoms with E-state index < -0.39 is 0 Å². The molecule has 1 saturated carbocycles. The van der Waals surface area contributed by atoms with Gasteiger partial charge in [0, 0.05) is 25.0 Å². The van der Waals surface area contributed by atoms with Crippen LogP contribution in [0.1, 0.15) is 45.4 Å². The average molecular weight is 227 g/mol. The van der Waals surface area contributed by atoms with Crippen molar-refractivity contribution in [3.05, 3.63) is 0 Å². The van der Waals surface area contributed by atoms with Gasteiger partial charge < -0.3 is 10.8 Å². The van der Waals surface area contributed by atoms with Crippen molar-refractivity contribution in [3.63, 3.8) is 0 Å². The monoisotopic (exact) mass is 227 g/mol. The summed E-state index contributed by atoms with van der Waals surface area (Å²) in [5.41, 5.74) is 5.50. The molecule has 0 aromatic rings. The van der Waals surface area contributed by atoms with E-state index in [1.807, 2.05) is 0 Å². The summed E-state index contributed by atoms with van der Waals surface area (Å²) in [7, 11) is 0. The first kappa shape index (κ1) is 13.5. The second-order valence-electron chi connectivity index (χ2n) is 4.69. The van der Waals surface area contributed by atoms with Crippen molar-refractivity contribution in [2.75, 3.05) is 13.2 Å². The molecule has 0 heterocycles. The minimum Gasteiger partial charge on any atom is -0.395 e. The Morgan fingerprint density at radius 1 is 1.50 bits per heavy atom. The topological polar surface area (TPSA) is 73.3 Å². The van der Waals surface area contributed by atoms with Crippen molar-refractivity contribution in [3.8, 4) is 0 Å². The molecular formula is C12H25N3O. The summed E-state index contributed by atoms with van der Waals surface area (Å²) >= 11 is 0. The molecule has 1 aliphatic rings. The summed E-state index contributed by atoms with van der Waals surface area (Å²) < 4.78 is 0. The van der Waals surface area contributed by atoms with Crippen molar-refractivity contribution in [1.82, 2.24) is 4.90 Å². The summed E-state index contributed by atoms with van der Waals surface area (Å²) in [5.74, 6) is 0.257. The van der Waals surface area contributed by atoms with Crippen LogP contribution in [-0.4, -0.2) is 41.1 Å². The number of rotatable bonds is 7. The van der Waals surface area contributed by atoms with Gasteiger partial charge in [0.1, 0.15) is 0 Å². The van der Waals surface area contributed by atoms with Crippen LogP contribution in [0.25, 0.3) is 0 Å². The summed E-state index contributed by atoms with van der Waals surface area (Å²) in [5, 5.41) is 16.6. The van der Waals surface area contributed by atoms with Gasteiger partial charge in [0.15, 0.2) is 0 Å². The number of aliphatic hydroxyl groups excluding tert-OH is 1. The lowest BCUT2D eigenvalue weighted by molar-refractivity contribution is 0.104. The molecule has 0 aromatic carbocycles. The molecule has 1 unspecified atom stereocenters. The fraction of sp³-hybridized carbons (Fsp3) is 0.917. The fourth-order valence-corrected chi connectivity index (χ4v) is 2.76. The summed E-state index contributed by atoms with van der Waals surface area (Å²) in [6.45, 7) is 3.05. The van der Waals surface area contributed by atoms with Crippen LogP contribution in [0, 0.1) is 5.41 Å². The van der Waals surface area contributed by atoms with E-state index in [-0.39, 0.29) is 12.4 Å². The van der Waals surface area contributed by atoms with Crippen molar-refractivity contribution in [2.45, 2.75) is 57.5 Å². The molecule has 1 fully saturated rings. The van der Waals surface area contributed by atoms with Gasteiger partial charge in [-0.3, -0.25) is 10.3 Å². The molecular weight excluding hydrogens is 202 g/mol. The van der Waals surface area contributed by atoms with Crippen LogP contribution in [0.2, 0.25) is 0 Å². The highest BCUT2D eigenvalue weighted by atomic mass is 16.3. The zero-order valence-corrected chi connectivity index (χ0v) is 10.3. The fourth-order valence-electron chi connectivity index (χ4n) is 2.76. The highest BCUT2D eigenvalue weighted by molar-refractivity contribution is 5.77. The molecule has 0 aromatic heterocycles. The van der Waals surface area contributed by atoms with E-state index in [2.05, 4.69) is 11.8 Å². The molecule has 4 N–H and O–H groups in total. The van der Waals surface area contributed by atoms with Gasteiger partial charge in [0.05, 0.1) is 12.4 Å². The summed E-state index contributed by atoms with van der Waals surface area (Å²) in [6, 6.07) is 0.921. The quantitative estimate of drug-likeness (QED) is 0.454. The molecule has 94 valence electrons. The highest BCUT2D eigenvalue weighted by Gasteiger charge is 2.27. The second kappa shape index (κ2) is 6.86. The van der Waals surface area contributed by atoms with Gasteiger partial charge in [-0.2, -0.15) is 0 Å². The van der Waals surface area contributed by atoms with Crippen molar-refractivity contribution in [2.24, 2.45) is 5.73 Å². The predicted octanol–water partition coefficient (Wildman–Crippen LogP) is 1.33. The second-order valence-corrected chi connectivity index (χ2v) is 4.69. The van der Waals surface area contributed by atoms with Gasteiger partial charge >= 0.3 is 0 Å². The van der Waals surface area contributed by atoms with E-state index in [9.17, 15) is 0 Å². The van der Waals surface area contributed by atoms with Crippen molar-refractivity contribution in [1.29, 1.82) is 5.41 Å². The molecule has 0 spiro atoms. The Bertz CT molecular complexity index is 214. The van der Waals surface area contributed by atoms with Crippen LogP contribution < -0.4 is 5.73 Å². The molecule has 0 saturated heterocycles. The Kier molecular flexibility index (Phi) is 5.77. The Morgan fingerprint density at radius 3 is 2.56 bits per heavy atom. The van der Waals surface area contributed by atoms with Gasteiger partial charge in [0.2, 0.25) is 0 Å². The van der Waals surface area contributed by atoms with Crippen LogP contribution >= 0.6 is 0 Å². The Morgan fingerprint density at radius 2 is 2.12 bits per heavy atom. The first-order chi connectivity index (χ1) is 7.69. The summed E-state index contributed by atoms with van der Waals surface area (Å²) in [6.07, 6.45) is 6.68. The minimum atomic E-state index is 0.199. The number of nitrogens with zero attached hydrogens (tertiary/aromatic N) is 1. The number of hydrogen-bond donors (Lipinski definition) is 3. The Labute approximate surface area is 98.3 Å². The third-order valence-electron chi connectivity index (χ3n) is 3.55. The zero-order valence-electron chi connectivity index (χ0n) is 10.3. The van der Waals surface area contributed by atoms with Crippen molar-refractivity contribution >= 4 is 5.84 Å². The minimum absolute atomic E-state index is 0.199. The SMILES string of the molecule is CCC(CC(=N)N)N(CCO)C1CCCC1. The van der Waals surface area contributed by atoms with Gasteiger partial charge in [-0.05, 0) is 19.3 Å². The molecule has 16 heavy (non-hydrogen) atoms. The maximum absolute atomic E-state index is 9.15. The van der Waals surface area contributed by atoms with E-state index in [0.29, 0.717) is 18.5 Å². The van der Waals surface area contributed by atoms with Crippen LogP contribution in [0.5, 0.6) is 0 Å². The molecule has 0 bridgehead atoms. The molecule has 1 rings (SSSR count). The summed E-state index contributed by atoms with van der Waals surface area (Å²) in [4.78, 5) is 2.37. The standard InChI is InChI=1S/C12H25N3O/c1-2-10(9-12(13)14)15(7-8-16)11-5-3-4-6-11/h10-11,16H,2-9H2,1H3,(H3,13,14). The molecule has 0 aliphatic heterocycles. The maximum atomic E-state index is 9.15. The lowest BCUT2D eigenvalue weighted by Gasteiger charge is -2.35. The smallest absolute Gasteiger partial charge is 0.0921 e. The maximum Gasteiger partial charge on any atom is 0.0921 e. The van der Waals surface area contributed by atoms with Gasteiger partial charge in [-0.1, -0.05) is 19.8 Å².